The monoisotopic (exact) mass is 277 g/mol. The minimum atomic E-state index is -0.573. The van der Waals surface area contributed by atoms with Gasteiger partial charge < -0.3 is 10.1 Å². The third-order valence-electron chi connectivity index (χ3n) is 2.64. The van der Waals surface area contributed by atoms with Crippen LogP contribution in [0.2, 0.25) is 0 Å². The van der Waals surface area contributed by atoms with Crippen LogP contribution < -0.4 is 5.32 Å². The highest BCUT2D eigenvalue weighted by Gasteiger charge is 2.24. The fourth-order valence-electron chi connectivity index (χ4n) is 1.81. The van der Waals surface area contributed by atoms with Gasteiger partial charge in [0, 0.05) is 5.56 Å². The molecule has 0 aromatic heterocycles. The van der Waals surface area contributed by atoms with Crippen molar-refractivity contribution in [1.82, 2.24) is 5.32 Å². The Morgan fingerprint density at radius 3 is 2.30 bits per heavy atom. The molecule has 20 heavy (non-hydrogen) atoms. The van der Waals surface area contributed by atoms with Crippen molar-refractivity contribution in [1.29, 1.82) is 0 Å². The first-order valence-corrected chi connectivity index (χ1v) is 6.92. The number of rotatable bonds is 5. The van der Waals surface area contributed by atoms with Gasteiger partial charge in [-0.2, -0.15) is 0 Å². The van der Waals surface area contributed by atoms with Crippen molar-refractivity contribution in [2.45, 2.75) is 52.2 Å². The van der Waals surface area contributed by atoms with Crippen LogP contribution in [0.5, 0.6) is 0 Å². The Balaban J connectivity index is 2.74. The van der Waals surface area contributed by atoms with Gasteiger partial charge in [-0.25, -0.2) is 4.79 Å². The molecule has 110 valence electrons. The summed E-state index contributed by atoms with van der Waals surface area (Å²) in [5.41, 5.74) is 0.0263. The van der Waals surface area contributed by atoms with Gasteiger partial charge in [-0.1, -0.05) is 43.7 Å². The molecule has 1 N–H and O–H groups in total. The summed E-state index contributed by atoms with van der Waals surface area (Å²) < 4.78 is 5.20. The van der Waals surface area contributed by atoms with Crippen molar-refractivity contribution < 1.29 is 14.3 Å². The second kappa shape index (κ2) is 7.08. The van der Waals surface area contributed by atoms with Crippen LogP contribution in [0.4, 0.5) is 4.79 Å². The summed E-state index contributed by atoms with van der Waals surface area (Å²) >= 11 is 0. The Bertz CT molecular complexity index is 449. The average molecular weight is 277 g/mol. The first-order valence-electron chi connectivity index (χ1n) is 6.92. The summed E-state index contributed by atoms with van der Waals surface area (Å²) in [6, 6.07) is 8.43. The summed E-state index contributed by atoms with van der Waals surface area (Å²) in [6.45, 7) is 7.35. The molecule has 0 bridgehead atoms. The SMILES string of the molecule is CCC[C@H](NC(=O)OC(C)(C)C)C(=O)c1ccccc1. The summed E-state index contributed by atoms with van der Waals surface area (Å²) in [4.78, 5) is 24.2. The van der Waals surface area contributed by atoms with Gasteiger partial charge in [-0.3, -0.25) is 4.79 Å². The van der Waals surface area contributed by atoms with Crippen LogP contribution in [-0.2, 0) is 4.74 Å². The highest BCUT2D eigenvalue weighted by molar-refractivity contribution is 6.01. The number of Topliss-reactive ketones (excluding diaryl/α,β-unsaturated/α-hetero) is 1. The molecule has 0 heterocycles. The van der Waals surface area contributed by atoms with E-state index in [0.717, 1.165) is 6.42 Å². The Morgan fingerprint density at radius 1 is 1.20 bits per heavy atom. The second-order valence-electron chi connectivity index (χ2n) is 5.72. The summed E-state index contributed by atoms with van der Waals surface area (Å²) in [6.07, 6.45) is 0.840. The molecule has 0 radical (unpaired) electrons. The van der Waals surface area contributed by atoms with Crippen molar-refractivity contribution >= 4 is 11.9 Å². The predicted octanol–water partition coefficient (Wildman–Crippen LogP) is 3.56. The van der Waals surface area contributed by atoms with Crippen molar-refractivity contribution in [3.05, 3.63) is 35.9 Å². The van der Waals surface area contributed by atoms with E-state index in [0.29, 0.717) is 12.0 Å². The van der Waals surface area contributed by atoms with Crippen LogP contribution in [0.1, 0.15) is 50.9 Å². The van der Waals surface area contributed by atoms with Crippen LogP contribution in [0.3, 0.4) is 0 Å². The molecule has 4 nitrogen and oxygen atoms in total. The Morgan fingerprint density at radius 2 is 1.80 bits per heavy atom. The van der Waals surface area contributed by atoms with Gasteiger partial charge >= 0.3 is 6.09 Å². The van der Waals surface area contributed by atoms with Crippen LogP contribution in [0.25, 0.3) is 0 Å². The molecule has 1 aromatic carbocycles. The molecule has 1 amide bonds. The van der Waals surface area contributed by atoms with Crippen LogP contribution in [-0.4, -0.2) is 23.5 Å². The third-order valence-corrected chi connectivity index (χ3v) is 2.64. The first-order chi connectivity index (χ1) is 9.33. The lowest BCUT2D eigenvalue weighted by atomic mass is 10.0. The van der Waals surface area contributed by atoms with Crippen LogP contribution in [0.15, 0.2) is 30.3 Å². The van der Waals surface area contributed by atoms with Crippen molar-refractivity contribution in [3.63, 3.8) is 0 Å². The van der Waals surface area contributed by atoms with Gasteiger partial charge in [0.15, 0.2) is 5.78 Å². The Labute approximate surface area is 120 Å². The van der Waals surface area contributed by atoms with E-state index < -0.39 is 17.7 Å². The maximum absolute atomic E-state index is 12.4. The molecule has 0 spiro atoms. The highest BCUT2D eigenvalue weighted by atomic mass is 16.6. The Kier molecular flexibility index (Phi) is 5.74. The van der Waals surface area contributed by atoms with Crippen molar-refractivity contribution in [2.75, 3.05) is 0 Å². The quantitative estimate of drug-likeness (QED) is 0.837. The van der Waals surface area contributed by atoms with Gasteiger partial charge in [0.05, 0.1) is 6.04 Å². The average Bonchev–Trinajstić information content (AvgIpc) is 2.36. The minimum Gasteiger partial charge on any atom is -0.444 e. The molecule has 0 aliphatic rings. The van der Waals surface area contributed by atoms with Gasteiger partial charge in [-0.05, 0) is 27.2 Å². The maximum atomic E-state index is 12.4. The normalized spacial score (nSPS) is 12.6. The topological polar surface area (TPSA) is 55.4 Å². The fraction of sp³-hybridized carbons (Fsp3) is 0.500. The van der Waals surface area contributed by atoms with Crippen molar-refractivity contribution in [3.8, 4) is 0 Å². The fourth-order valence-corrected chi connectivity index (χ4v) is 1.81. The number of hydrogen-bond acceptors (Lipinski definition) is 3. The molecule has 1 atom stereocenters. The van der Waals surface area contributed by atoms with E-state index in [-0.39, 0.29) is 5.78 Å². The van der Waals surface area contributed by atoms with E-state index in [1.165, 1.54) is 0 Å². The van der Waals surface area contributed by atoms with Gasteiger partial charge in [0.25, 0.3) is 0 Å². The molecule has 0 saturated heterocycles. The molecule has 0 aliphatic heterocycles. The number of amides is 1. The lowest BCUT2D eigenvalue weighted by Gasteiger charge is -2.23. The molecule has 1 rings (SSSR count). The van der Waals surface area contributed by atoms with Gasteiger partial charge in [0.2, 0.25) is 0 Å². The van der Waals surface area contributed by atoms with E-state index in [2.05, 4.69) is 5.32 Å². The molecule has 0 aliphatic carbocycles. The number of carbonyl (C=O) groups is 2. The third kappa shape index (κ3) is 5.43. The van der Waals surface area contributed by atoms with E-state index in [4.69, 9.17) is 4.74 Å². The molecule has 0 unspecified atom stereocenters. The Hall–Kier alpha value is -1.84. The number of ether oxygens (including phenoxy) is 1. The standard InChI is InChI=1S/C16H23NO3/c1-5-9-13(17-15(19)20-16(2,3)4)14(18)12-10-7-6-8-11-12/h6-8,10-11,13H,5,9H2,1-4H3,(H,17,19)/t13-/m0/s1. The minimum absolute atomic E-state index is 0.0849. The largest absolute Gasteiger partial charge is 0.444 e. The van der Waals surface area contributed by atoms with Crippen molar-refractivity contribution in [2.24, 2.45) is 0 Å². The van der Waals surface area contributed by atoms with E-state index in [9.17, 15) is 9.59 Å². The number of alkyl carbamates (subject to hydrolysis) is 1. The lowest BCUT2D eigenvalue weighted by Crippen LogP contribution is -2.43. The maximum Gasteiger partial charge on any atom is 0.408 e. The first kappa shape index (κ1) is 16.2. The zero-order valence-electron chi connectivity index (χ0n) is 12.6. The number of benzene rings is 1. The van der Waals surface area contributed by atoms with Gasteiger partial charge in [0.1, 0.15) is 5.60 Å². The number of hydrogen-bond donors (Lipinski definition) is 1. The highest BCUT2D eigenvalue weighted by Crippen LogP contribution is 2.11. The van der Waals surface area contributed by atoms with Crippen LogP contribution >= 0.6 is 0 Å². The number of nitrogens with one attached hydrogen (secondary N) is 1. The van der Waals surface area contributed by atoms with E-state index >= 15 is 0 Å². The van der Waals surface area contributed by atoms with E-state index in [1.54, 1.807) is 32.9 Å². The van der Waals surface area contributed by atoms with Gasteiger partial charge in [-0.15, -0.1) is 0 Å². The molecule has 0 fully saturated rings. The van der Waals surface area contributed by atoms with E-state index in [1.807, 2.05) is 25.1 Å². The smallest absolute Gasteiger partial charge is 0.408 e. The zero-order valence-corrected chi connectivity index (χ0v) is 12.6. The molecule has 4 heteroatoms. The number of ketones is 1. The zero-order chi connectivity index (χ0) is 15.2. The summed E-state index contributed by atoms with van der Waals surface area (Å²) in [5.74, 6) is -0.0849. The molecular formula is C16H23NO3. The summed E-state index contributed by atoms with van der Waals surface area (Å²) in [5, 5.41) is 2.66. The lowest BCUT2D eigenvalue weighted by molar-refractivity contribution is 0.0488. The molecule has 0 saturated carbocycles. The van der Waals surface area contributed by atoms with Crippen LogP contribution in [0, 0.1) is 0 Å². The number of carbonyl (C=O) groups excluding carboxylic acids is 2. The molecule has 1 aromatic rings. The predicted molar refractivity (Wildman–Crippen MR) is 78.8 cm³/mol. The second-order valence-corrected chi connectivity index (χ2v) is 5.72. The summed E-state index contributed by atoms with van der Waals surface area (Å²) in [7, 11) is 0. The molecular weight excluding hydrogens is 254 g/mol.